The number of benzene rings is 1. The Morgan fingerprint density at radius 1 is 1.19 bits per heavy atom. The van der Waals surface area contributed by atoms with Crippen LogP contribution < -0.4 is 9.80 Å². The van der Waals surface area contributed by atoms with Crippen molar-refractivity contribution in [1.82, 2.24) is 14.9 Å². The van der Waals surface area contributed by atoms with Gasteiger partial charge in [-0.2, -0.15) is 0 Å². The van der Waals surface area contributed by atoms with Gasteiger partial charge in [0.15, 0.2) is 0 Å². The lowest BCUT2D eigenvalue weighted by molar-refractivity contribution is 0.0787. The summed E-state index contributed by atoms with van der Waals surface area (Å²) in [6, 6.07) is 9.60. The molecule has 0 atom stereocenters. The third-order valence-corrected chi connectivity index (χ3v) is 5.03. The van der Waals surface area contributed by atoms with Crippen molar-refractivity contribution in [3.63, 3.8) is 0 Å². The number of halogens is 1. The first-order valence-corrected chi connectivity index (χ1v) is 9.80. The van der Waals surface area contributed by atoms with Crippen molar-refractivity contribution in [2.45, 2.75) is 19.8 Å². The Hall–Kier alpha value is -2.34. The van der Waals surface area contributed by atoms with E-state index >= 15 is 0 Å². The van der Waals surface area contributed by atoms with Crippen molar-refractivity contribution in [1.29, 1.82) is 0 Å². The third-order valence-electron chi connectivity index (χ3n) is 4.79. The fourth-order valence-electron chi connectivity index (χ4n) is 3.15. The second kappa shape index (κ2) is 9.04. The molecule has 7 heteroatoms. The Morgan fingerprint density at radius 2 is 1.93 bits per heavy atom. The molecule has 2 aromatic rings. The van der Waals surface area contributed by atoms with Crippen LogP contribution in [0.2, 0.25) is 5.02 Å². The van der Waals surface area contributed by atoms with Gasteiger partial charge in [0.2, 0.25) is 5.95 Å². The highest BCUT2D eigenvalue weighted by Gasteiger charge is 2.21. The van der Waals surface area contributed by atoms with E-state index in [0.717, 1.165) is 56.3 Å². The standard InChI is InChI=1S/C20H26ClN5O/c1-3-4-10-24(2)19(27)18-8-9-22-20(23-18)26-13-11-25(12-14-26)17-7-5-6-16(21)15-17/h5-9,15H,3-4,10-14H2,1-2H3. The molecule has 0 unspecified atom stereocenters. The molecule has 0 N–H and O–H groups in total. The Kier molecular flexibility index (Phi) is 6.50. The van der Waals surface area contributed by atoms with Gasteiger partial charge < -0.3 is 14.7 Å². The molecule has 1 aromatic carbocycles. The molecule has 3 rings (SSSR count). The van der Waals surface area contributed by atoms with Gasteiger partial charge in [-0.05, 0) is 30.7 Å². The molecule has 1 amide bonds. The van der Waals surface area contributed by atoms with Crippen LogP contribution in [0.5, 0.6) is 0 Å². The minimum atomic E-state index is -0.0512. The van der Waals surface area contributed by atoms with Gasteiger partial charge in [-0.25, -0.2) is 9.97 Å². The van der Waals surface area contributed by atoms with Crippen molar-refractivity contribution in [3.8, 4) is 0 Å². The van der Waals surface area contributed by atoms with Gasteiger partial charge in [0, 0.05) is 56.7 Å². The number of nitrogens with zero attached hydrogens (tertiary/aromatic N) is 5. The zero-order chi connectivity index (χ0) is 19.2. The lowest BCUT2D eigenvalue weighted by atomic mass is 10.2. The lowest BCUT2D eigenvalue weighted by Crippen LogP contribution is -2.47. The van der Waals surface area contributed by atoms with Crippen molar-refractivity contribution in [2.24, 2.45) is 0 Å². The van der Waals surface area contributed by atoms with Gasteiger partial charge in [-0.3, -0.25) is 4.79 Å². The van der Waals surface area contributed by atoms with E-state index in [0.29, 0.717) is 11.6 Å². The zero-order valence-electron chi connectivity index (χ0n) is 15.9. The summed E-state index contributed by atoms with van der Waals surface area (Å²) in [4.78, 5) is 27.6. The Bertz CT molecular complexity index is 776. The third kappa shape index (κ3) is 4.89. The molecule has 1 aromatic heterocycles. The molecule has 0 aliphatic carbocycles. The quantitative estimate of drug-likeness (QED) is 0.761. The van der Waals surface area contributed by atoms with Crippen LogP contribution in [0.15, 0.2) is 36.5 Å². The maximum Gasteiger partial charge on any atom is 0.272 e. The first-order valence-electron chi connectivity index (χ1n) is 9.42. The number of piperazine rings is 1. The monoisotopic (exact) mass is 387 g/mol. The molecule has 1 saturated heterocycles. The fourth-order valence-corrected chi connectivity index (χ4v) is 3.33. The van der Waals surface area contributed by atoms with Crippen LogP contribution in [0.4, 0.5) is 11.6 Å². The Morgan fingerprint density at radius 3 is 2.63 bits per heavy atom. The molecule has 2 heterocycles. The van der Waals surface area contributed by atoms with Crippen LogP contribution in [-0.2, 0) is 0 Å². The average molecular weight is 388 g/mol. The second-order valence-corrected chi connectivity index (χ2v) is 7.21. The van der Waals surface area contributed by atoms with Crippen molar-refractivity contribution >= 4 is 29.1 Å². The van der Waals surface area contributed by atoms with Gasteiger partial charge in [-0.15, -0.1) is 0 Å². The van der Waals surface area contributed by atoms with Crippen LogP contribution in [0.25, 0.3) is 0 Å². The first kappa shape index (κ1) is 19.4. The summed E-state index contributed by atoms with van der Waals surface area (Å²) in [5.41, 5.74) is 1.58. The van der Waals surface area contributed by atoms with E-state index in [1.54, 1.807) is 17.2 Å². The van der Waals surface area contributed by atoms with E-state index in [-0.39, 0.29) is 5.91 Å². The molecule has 6 nitrogen and oxygen atoms in total. The predicted molar refractivity (Wildman–Crippen MR) is 110 cm³/mol. The number of carbonyl (C=O) groups excluding carboxylic acids is 1. The van der Waals surface area contributed by atoms with Crippen molar-refractivity contribution < 1.29 is 4.79 Å². The van der Waals surface area contributed by atoms with Crippen LogP contribution in [-0.4, -0.2) is 60.5 Å². The smallest absolute Gasteiger partial charge is 0.272 e. The average Bonchev–Trinajstić information content (AvgIpc) is 2.71. The maximum absolute atomic E-state index is 12.6. The largest absolute Gasteiger partial charge is 0.368 e. The van der Waals surface area contributed by atoms with Gasteiger partial charge in [0.25, 0.3) is 5.91 Å². The molecular weight excluding hydrogens is 362 g/mol. The minimum absolute atomic E-state index is 0.0512. The number of hydrogen-bond acceptors (Lipinski definition) is 5. The number of rotatable bonds is 6. The van der Waals surface area contributed by atoms with Crippen LogP contribution in [0, 0.1) is 0 Å². The number of hydrogen-bond donors (Lipinski definition) is 0. The molecular formula is C20H26ClN5O. The second-order valence-electron chi connectivity index (χ2n) is 6.78. The van der Waals surface area contributed by atoms with E-state index in [9.17, 15) is 4.79 Å². The number of aromatic nitrogens is 2. The predicted octanol–water partition coefficient (Wildman–Crippen LogP) is 3.33. The molecule has 0 bridgehead atoms. The summed E-state index contributed by atoms with van der Waals surface area (Å²) in [6.07, 6.45) is 3.72. The van der Waals surface area contributed by atoms with E-state index in [2.05, 4.69) is 32.8 Å². The number of carbonyl (C=O) groups is 1. The molecule has 1 aliphatic heterocycles. The Labute approximate surface area is 165 Å². The van der Waals surface area contributed by atoms with Crippen molar-refractivity contribution in [3.05, 3.63) is 47.2 Å². The van der Waals surface area contributed by atoms with Crippen molar-refractivity contribution in [2.75, 3.05) is 49.6 Å². The van der Waals surface area contributed by atoms with Gasteiger partial charge in [0.1, 0.15) is 5.69 Å². The highest BCUT2D eigenvalue weighted by Crippen LogP contribution is 2.22. The summed E-state index contributed by atoms with van der Waals surface area (Å²) < 4.78 is 0. The van der Waals surface area contributed by atoms with Gasteiger partial charge in [0.05, 0.1) is 0 Å². The van der Waals surface area contributed by atoms with Crippen LogP contribution in [0.3, 0.4) is 0 Å². The molecule has 0 saturated carbocycles. The number of amides is 1. The molecule has 144 valence electrons. The number of anilines is 2. The normalized spacial score (nSPS) is 14.3. The summed E-state index contributed by atoms with van der Waals surface area (Å²) >= 11 is 6.10. The zero-order valence-corrected chi connectivity index (χ0v) is 16.7. The molecule has 0 radical (unpaired) electrons. The van der Waals surface area contributed by atoms with E-state index in [4.69, 9.17) is 11.6 Å². The van der Waals surface area contributed by atoms with Crippen LogP contribution in [0.1, 0.15) is 30.3 Å². The highest BCUT2D eigenvalue weighted by molar-refractivity contribution is 6.30. The lowest BCUT2D eigenvalue weighted by Gasteiger charge is -2.36. The topological polar surface area (TPSA) is 52.6 Å². The molecule has 27 heavy (non-hydrogen) atoms. The summed E-state index contributed by atoms with van der Waals surface area (Å²) in [7, 11) is 1.82. The van der Waals surface area contributed by atoms with Gasteiger partial charge >= 0.3 is 0 Å². The first-order chi connectivity index (χ1) is 13.1. The molecule has 1 fully saturated rings. The van der Waals surface area contributed by atoms with E-state index in [1.807, 2.05) is 25.2 Å². The Balaban J connectivity index is 1.64. The van der Waals surface area contributed by atoms with E-state index in [1.165, 1.54) is 0 Å². The molecule has 1 aliphatic rings. The minimum Gasteiger partial charge on any atom is -0.368 e. The summed E-state index contributed by atoms with van der Waals surface area (Å²) in [5, 5.41) is 0.747. The summed E-state index contributed by atoms with van der Waals surface area (Å²) in [5.74, 6) is 0.570. The SMILES string of the molecule is CCCCN(C)C(=O)c1ccnc(N2CCN(c3cccc(Cl)c3)CC2)n1. The highest BCUT2D eigenvalue weighted by atomic mass is 35.5. The fraction of sp³-hybridized carbons (Fsp3) is 0.450. The summed E-state index contributed by atoms with van der Waals surface area (Å²) in [6.45, 7) is 6.18. The maximum atomic E-state index is 12.6. The van der Waals surface area contributed by atoms with Gasteiger partial charge in [-0.1, -0.05) is 31.0 Å². The van der Waals surface area contributed by atoms with Crippen LogP contribution >= 0.6 is 11.6 Å². The van der Waals surface area contributed by atoms with E-state index < -0.39 is 0 Å². The molecule has 0 spiro atoms. The number of unbranched alkanes of at least 4 members (excludes halogenated alkanes) is 1.